The molecule has 2 atom stereocenters. The van der Waals surface area contributed by atoms with Gasteiger partial charge in [0, 0.05) is 36.3 Å². The van der Waals surface area contributed by atoms with Crippen LogP contribution in [0.5, 0.6) is 11.5 Å². The summed E-state index contributed by atoms with van der Waals surface area (Å²) >= 11 is 0. The average Bonchev–Trinajstić information content (AvgIpc) is 2.96. The molecule has 0 aliphatic heterocycles. The Morgan fingerprint density at radius 1 is 0.615 bits per heavy atom. The Kier molecular flexibility index (Phi) is 14.8. The van der Waals surface area contributed by atoms with Gasteiger partial charge >= 0.3 is 0 Å². The number of rotatable bonds is 10. The molecule has 2 saturated carbocycles. The van der Waals surface area contributed by atoms with Gasteiger partial charge in [0.1, 0.15) is 11.5 Å². The summed E-state index contributed by atoms with van der Waals surface area (Å²) in [4.78, 5) is 0. The van der Waals surface area contributed by atoms with E-state index in [0.717, 1.165) is 11.1 Å². The summed E-state index contributed by atoms with van der Waals surface area (Å²) in [6.45, 7) is 0.589. The van der Waals surface area contributed by atoms with Crippen molar-refractivity contribution < 1.29 is 30.6 Å². The van der Waals surface area contributed by atoms with E-state index in [9.17, 15) is 20.4 Å². The first kappa shape index (κ1) is 33.0. The highest BCUT2D eigenvalue weighted by atomic mass is 16.3. The Morgan fingerprint density at radius 2 is 0.974 bits per heavy atom. The summed E-state index contributed by atoms with van der Waals surface area (Å²) in [5.74, 6) is 0.136. The van der Waals surface area contributed by atoms with E-state index < -0.39 is 12.2 Å². The van der Waals surface area contributed by atoms with Crippen molar-refractivity contribution in [3.05, 3.63) is 58.7 Å². The second-order valence-corrected chi connectivity index (χ2v) is 10.6. The highest BCUT2D eigenvalue weighted by molar-refractivity contribution is 5.37. The van der Waals surface area contributed by atoms with Crippen LogP contribution in [0.2, 0.25) is 0 Å². The summed E-state index contributed by atoms with van der Waals surface area (Å²) in [6.07, 6.45) is 11.2. The SMILES string of the molecule is C.OCc1cc(C(O)CNC2CCCCC2)ccc1O.OCc1cc(C(O)CNC2CCCCC2)ccc1O. The fraction of sp³-hybridized carbons (Fsp3) is 0.613. The monoisotopic (exact) mass is 546 g/mol. The molecule has 2 aliphatic carbocycles. The highest BCUT2D eigenvalue weighted by Crippen LogP contribution is 2.25. The van der Waals surface area contributed by atoms with E-state index in [2.05, 4.69) is 10.6 Å². The summed E-state index contributed by atoms with van der Waals surface area (Å²) < 4.78 is 0. The normalized spacial score (nSPS) is 17.9. The van der Waals surface area contributed by atoms with Gasteiger partial charge in [-0.3, -0.25) is 0 Å². The van der Waals surface area contributed by atoms with Crippen molar-refractivity contribution in [2.75, 3.05) is 13.1 Å². The average molecular weight is 547 g/mol. The maximum atomic E-state index is 10.1. The van der Waals surface area contributed by atoms with Crippen molar-refractivity contribution in [3.8, 4) is 11.5 Å². The standard InChI is InChI=1S/2C15H23NO3.CH4/c2*17-10-12-8-11(6-7-14(12)18)15(19)9-16-13-4-2-1-3-5-13;/h2*6-8,13,15-19H,1-5,9-10H2;1H4. The second-order valence-electron chi connectivity index (χ2n) is 10.6. The first-order valence-electron chi connectivity index (χ1n) is 14.1. The molecule has 0 heterocycles. The van der Waals surface area contributed by atoms with Gasteiger partial charge in [-0.15, -0.1) is 0 Å². The molecule has 2 aromatic carbocycles. The highest BCUT2D eigenvalue weighted by Gasteiger charge is 2.17. The van der Waals surface area contributed by atoms with Gasteiger partial charge in [-0.1, -0.05) is 58.1 Å². The maximum absolute atomic E-state index is 10.1. The van der Waals surface area contributed by atoms with Gasteiger partial charge in [0.2, 0.25) is 0 Å². The van der Waals surface area contributed by atoms with Crippen LogP contribution >= 0.6 is 0 Å². The van der Waals surface area contributed by atoms with E-state index in [1.54, 1.807) is 24.3 Å². The molecule has 8 nitrogen and oxygen atoms in total. The topological polar surface area (TPSA) is 145 Å². The molecule has 4 rings (SSSR count). The fourth-order valence-electron chi connectivity index (χ4n) is 5.28. The molecule has 2 fully saturated rings. The van der Waals surface area contributed by atoms with Crippen LogP contribution in [0.4, 0.5) is 0 Å². The van der Waals surface area contributed by atoms with E-state index in [1.165, 1.54) is 76.3 Å². The number of hydrogen-bond acceptors (Lipinski definition) is 8. The quantitative estimate of drug-likeness (QED) is 0.220. The van der Waals surface area contributed by atoms with Crippen molar-refractivity contribution in [1.29, 1.82) is 0 Å². The first-order chi connectivity index (χ1) is 18.4. The summed E-state index contributed by atoms with van der Waals surface area (Å²) in [6, 6.07) is 10.8. The first-order valence-corrected chi connectivity index (χ1v) is 14.1. The third-order valence-corrected chi connectivity index (χ3v) is 7.73. The largest absolute Gasteiger partial charge is 0.508 e. The maximum Gasteiger partial charge on any atom is 0.121 e. The van der Waals surface area contributed by atoms with Gasteiger partial charge in [-0.25, -0.2) is 0 Å². The lowest BCUT2D eigenvalue weighted by molar-refractivity contribution is 0.165. The van der Waals surface area contributed by atoms with Crippen LogP contribution in [0.15, 0.2) is 36.4 Å². The molecule has 8 N–H and O–H groups in total. The van der Waals surface area contributed by atoms with Crippen molar-refractivity contribution in [2.24, 2.45) is 0 Å². The van der Waals surface area contributed by atoms with Crippen LogP contribution in [0.1, 0.15) is 106 Å². The molecule has 2 aliphatic rings. The Labute approximate surface area is 233 Å². The zero-order valence-corrected chi connectivity index (χ0v) is 22.4. The van der Waals surface area contributed by atoms with Crippen LogP contribution < -0.4 is 10.6 Å². The molecule has 220 valence electrons. The predicted molar refractivity (Wildman–Crippen MR) is 154 cm³/mol. The lowest BCUT2D eigenvalue weighted by atomic mass is 9.95. The molecular weight excluding hydrogens is 496 g/mol. The molecule has 2 aromatic rings. The number of aliphatic hydroxyl groups is 4. The summed E-state index contributed by atoms with van der Waals surface area (Å²) in [5, 5.41) is 64.3. The van der Waals surface area contributed by atoms with Gasteiger partial charge in [0.05, 0.1) is 25.4 Å². The molecule has 0 spiro atoms. The minimum Gasteiger partial charge on any atom is -0.508 e. The van der Waals surface area contributed by atoms with Crippen LogP contribution in [-0.4, -0.2) is 55.8 Å². The molecule has 0 radical (unpaired) electrons. The number of phenols is 2. The van der Waals surface area contributed by atoms with E-state index in [4.69, 9.17) is 10.2 Å². The van der Waals surface area contributed by atoms with Crippen molar-refractivity contribution in [1.82, 2.24) is 10.6 Å². The Balaban J connectivity index is 0.000000267. The Hall–Kier alpha value is -2.20. The fourth-order valence-corrected chi connectivity index (χ4v) is 5.28. The second kappa shape index (κ2) is 17.5. The van der Waals surface area contributed by atoms with Gasteiger partial charge in [-0.2, -0.15) is 0 Å². The van der Waals surface area contributed by atoms with Crippen molar-refractivity contribution in [2.45, 2.75) is 109 Å². The number of hydrogen-bond donors (Lipinski definition) is 8. The summed E-state index contributed by atoms with van der Waals surface area (Å²) in [5.41, 5.74) is 2.36. The molecule has 2 unspecified atom stereocenters. The minimum atomic E-state index is -0.604. The molecule has 39 heavy (non-hydrogen) atoms. The van der Waals surface area contributed by atoms with Crippen molar-refractivity contribution in [3.63, 3.8) is 0 Å². The van der Waals surface area contributed by atoms with Crippen LogP contribution in [0.25, 0.3) is 0 Å². The van der Waals surface area contributed by atoms with Gasteiger partial charge in [0.15, 0.2) is 0 Å². The molecular formula is C31H50N2O6. The summed E-state index contributed by atoms with van der Waals surface area (Å²) in [7, 11) is 0. The zero-order valence-electron chi connectivity index (χ0n) is 22.4. The molecule has 8 heteroatoms. The minimum absolute atomic E-state index is 0. The predicted octanol–water partition coefficient (Wildman–Crippen LogP) is 4.32. The lowest BCUT2D eigenvalue weighted by Crippen LogP contribution is -2.34. The van der Waals surface area contributed by atoms with E-state index >= 15 is 0 Å². The van der Waals surface area contributed by atoms with Gasteiger partial charge < -0.3 is 41.3 Å². The third kappa shape index (κ3) is 10.7. The smallest absolute Gasteiger partial charge is 0.121 e. The lowest BCUT2D eigenvalue weighted by Gasteiger charge is -2.24. The van der Waals surface area contributed by atoms with E-state index in [-0.39, 0.29) is 32.1 Å². The zero-order chi connectivity index (χ0) is 27.3. The Bertz CT molecular complexity index is 883. The molecule has 0 aromatic heterocycles. The Morgan fingerprint density at radius 3 is 1.31 bits per heavy atom. The van der Waals surface area contributed by atoms with Gasteiger partial charge in [0.25, 0.3) is 0 Å². The molecule has 0 saturated heterocycles. The van der Waals surface area contributed by atoms with Crippen LogP contribution in [0.3, 0.4) is 0 Å². The number of nitrogens with one attached hydrogen (secondary N) is 2. The molecule has 0 amide bonds. The number of aromatic hydroxyl groups is 2. The van der Waals surface area contributed by atoms with Gasteiger partial charge in [-0.05, 0) is 61.1 Å². The number of benzene rings is 2. The van der Waals surface area contributed by atoms with Crippen LogP contribution in [-0.2, 0) is 13.2 Å². The number of aliphatic hydroxyl groups excluding tert-OH is 4. The van der Waals surface area contributed by atoms with Crippen molar-refractivity contribution >= 4 is 0 Å². The van der Waals surface area contributed by atoms with Crippen LogP contribution in [0, 0.1) is 0 Å². The third-order valence-electron chi connectivity index (χ3n) is 7.73. The van der Waals surface area contributed by atoms with E-state index in [1.807, 2.05) is 0 Å². The molecule has 0 bridgehead atoms. The van der Waals surface area contributed by atoms with E-state index in [0.29, 0.717) is 36.3 Å².